The molecule has 0 aliphatic carbocycles. The first-order valence-corrected chi connectivity index (χ1v) is 7.19. The molecule has 1 N–H and O–H groups in total. The summed E-state index contributed by atoms with van der Waals surface area (Å²) in [4.78, 5) is 14.0. The van der Waals surface area contributed by atoms with Crippen molar-refractivity contribution < 1.29 is 14.3 Å². The van der Waals surface area contributed by atoms with Crippen molar-refractivity contribution in [3.05, 3.63) is 29.8 Å². The highest BCUT2D eigenvalue weighted by Gasteiger charge is 2.20. The second-order valence-electron chi connectivity index (χ2n) is 5.06. The molecule has 2 atom stereocenters. The maximum Gasteiger partial charge on any atom is 0.248 e. The summed E-state index contributed by atoms with van der Waals surface area (Å²) in [6, 6.07) is 7.89. The average molecular weight is 294 g/mol. The Morgan fingerprint density at radius 3 is 2.57 bits per heavy atom. The van der Waals surface area contributed by atoms with Gasteiger partial charge in [-0.1, -0.05) is 18.2 Å². The molecule has 0 fully saturated rings. The van der Waals surface area contributed by atoms with E-state index < -0.39 is 6.10 Å². The lowest BCUT2D eigenvalue weighted by Gasteiger charge is -2.27. The molecule has 1 rings (SSSR count). The topological polar surface area (TPSA) is 50.8 Å². The van der Waals surface area contributed by atoms with Gasteiger partial charge in [0, 0.05) is 18.7 Å². The minimum absolute atomic E-state index is 0.0407. The third kappa shape index (κ3) is 5.02. The average Bonchev–Trinajstić information content (AvgIpc) is 2.47. The van der Waals surface area contributed by atoms with E-state index in [9.17, 15) is 4.79 Å². The van der Waals surface area contributed by atoms with Gasteiger partial charge in [0.2, 0.25) is 5.91 Å². The fraction of sp³-hybridized carbons (Fsp3) is 0.562. The van der Waals surface area contributed by atoms with Crippen LogP contribution in [0.3, 0.4) is 0 Å². The van der Waals surface area contributed by atoms with Crippen molar-refractivity contribution >= 4 is 5.91 Å². The van der Waals surface area contributed by atoms with Crippen LogP contribution in [-0.2, 0) is 9.53 Å². The zero-order chi connectivity index (χ0) is 15.8. The van der Waals surface area contributed by atoms with Crippen LogP contribution in [0.2, 0.25) is 0 Å². The van der Waals surface area contributed by atoms with E-state index in [2.05, 4.69) is 10.2 Å². The predicted octanol–water partition coefficient (Wildman–Crippen LogP) is 1.84. The van der Waals surface area contributed by atoms with Gasteiger partial charge < -0.3 is 19.7 Å². The fourth-order valence-corrected chi connectivity index (χ4v) is 2.18. The summed E-state index contributed by atoms with van der Waals surface area (Å²) < 4.78 is 10.7. The zero-order valence-electron chi connectivity index (χ0n) is 13.6. The number of methoxy groups -OCH3 is 1. The van der Waals surface area contributed by atoms with Crippen molar-refractivity contribution in [3.63, 3.8) is 0 Å². The first kappa shape index (κ1) is 17.5. The molecular weight excluding hydrogens is 268 g/mol. The minimum atomic E-state index is -0.435. The van der Waals surface area contributed by atoms with E-state index in [0.29, 0.717) is 13.2 Å². The summed E-state index contributed by atoms with van der Waals surface area (Å²) in [5.41, 5.74) is 1.05. The van der Waals surface area contributed by atoms with E-state index >= 15 is 0 Å². The molecule has 0 radical (unpaired) electrons. The van der Waals surface area contributed by atoms with Crippen LogP contribution in [0.5, 0.6) is 5.75 Å². The Kier molecular flexibility index (Phi) is 7.19. The first-order valence-electron chi connectivity index (χ1n) is 7.19. The molecule has 0 saturated heterocycles. The molecule has 1 aromatic carbocycles. The number of benzene rings is 1. The number of hydrogen-bond acceptors (Lipinski definition) is 4. The molecule has 118 valence electrons. The summed E-state index contributed by atoms with van der Waals surface area (Å²) in [6.45, 7) is 4.66. The molecule has 0 aliphatic rings. The number of hydrogen-bond donors (Lipinski definition) is 1. The van der Waals surface area contributed by atoms with Crippen LogP contribution in [0, 0.1) is 0 Å². The number of rotatable bonds is 8. The highest BCUT2D eigenvalue weighted by molar-refractivity contribution is 5.80. The number of carbonyl (C=O) groups excluding carboxylic acids is 1. The summed E-state index contributed by atoms with van der Waals surface area (Å²) in [5, 5.41) is 2.94. The lowest BCUT2D eigenvalue weighted by atomic mass is 10.0. The van der Waals surface area contributed by atoms with Gasteiger partial charge in [0.25, 0.3) is 0 Å². The number of carbonyl (C=O) groups is 1. The lowest BCUT2D eigenvalue weighted by molar-refractivity contribution is -0.131. The molecule has 0 saturated carbocycles. The van der Waals surface area contributed by atoms with Crippen molar-refractivity contribution in [2.24, 2.45) is 0 Å². The zero-order valence-corrected chi connectivity index (χ0v) is 13.6. The molecule has 0 spiro atoms. The van der Waals surface area contributed by atoms with Crippen molar-refractivity contribution in [3.8, 4) is 5.75 Å². The Balaban J connectivity index is 2.77. The number of nitrogens with zero attached hydrogens (tertiary/aromatic N) is 1. The quantitative estimate of drug-likeness (QED) is 0.795. The lowest BCUT2D eigenvalue weighted by Crippen LogP contribution is -2.40. The molecule has 0 heterocycles. The highest BCUT2D eigenvalue weighted by Crippen LogP contribution is 2.27. The van der Waals surface area contributed by atoms with E-state index in [0.717, 1.165) is 11.3 Å². The molecular formula is C16H26N2O3. The standard InChI is InChI=1S/C16H26N2O3/c1-6-21-12(2)16(19)17-11-14(18(3)4)13-9-7-8-10-15(13)20-5/h7-10,12,14H,6,11H2,1-5H3,(H,17,19)/t12-,14-/m0/s1. The molecule has 0 aliphatic heterocycles. The van der Waals surface area contributed by atoms with E-state index in [1.54, 1.807) is 14.0 Å². The predicted molar refractivity (Wildman–Crippen MR) is 83.5 cm³/mol. The normalized spacial score (nSPS) is 13.8. The van der Waals surface area contributed by atoms with Gasteiger partial charge in [-0.25, -0.2) is 0 Å². The van der Waals surface area contributed by atoms with Crippen molar-refractivity contribution in [1.82, 2.24) is 10.2 Å². The number of para-hydroxylation sites is 1. The van der Waals surface area contributed by atoms with Crippen LogP contribution in [0.1, 0.15) is 25.5 Å². The van der Waals surface area contributed by atoms with Gasteiger partial charge in [-0.3, -0.25) is 4.79 Å². The largest absolute Gasteiger partial charge is 0.496 e. The van der Waals surface area contributed by atoms with Gasteiger partial charge in [0.05, 0.1) is 13.2 Å². The van der Waals surface area contributed by atoms with Crippen molar-refractivity contribution in [2.45, 2.75) is 26.0 Å². The first-order chi connectivity index (χ1) is 10.0. The number of amides is 1. The van der Waals surface area contributed by atoms with E-state index in [-0.39, 0.29) is 11.9 Å². The minimum Gasteiger partial charge on any atom is -0.496 e. The Morgan fingerprint density at radius 2 is 2.00 bits per heavy atom. The van der Waals surface area contributed by atoms with Gasteiger partial charge in [-0.2, -0.15) is 0 Å². The third-order valence-electron chi connectivity index (χ3n) is 3.38. The van der Waals surface area contributed by atoms with Gasteiger partial charge in [0.15, 0.2) is 0 Å². The summed E-state index contributed by atoms with van der Waals surface area (Å²) in [5.74, 6) is 0.724. The maximum absolute atomic E-state index is 12.0. The molecule has 5 heteroatoms. The third-order valence-corrected chi connectivity index (χ3v) is 3.38. The molecule has 1 amide bonds. The second kappa shape index (κ2) is 8.64. The van der Waals surface area contributed by atoms with E-state index in [1.165, 1.54) is 0 Å². The second-order valence-corrected chi connectivity index (χ2v) is 5.06. The van der Waals surface area contributed by atoms with Crippen molar-refractivity contribution in [1.29, 1.82) is 0 Å². The Hall–Kier alpha value is -1.59. The Morgan fingerprint density at radius 1 is 1.33 bits per heavy atom. The smallest absolute Gasteiger partial charge is 0.248 e. The van der Waals surface area contributed by atoms with Crippen LogP contribution in [0.15, 0.2) is 24.3 Å². The molecule has 0 aromatic heterocycles. The summed E-state index contributed by atoms with van der Waals surface area (Å²) in [7, 11) is 5.62. The van der Waals surface area contributed by atoms with Gasteiger partial charge >= 0.3 is 0 Å². The molecule has 21 heavy (non-hydrogen) atoms. The molecule has 0 bridgehead atoms. The molecule has 0 unspecified atom stereocenters. The van der Waals surface area contributed by atoms with Gasteiger partial charge in [-0.15, -0.1) is 0 Å². The molecule has 5 nitrogen and oxygen atoms in total. The van der Waals surface area contributed by atoms with E-state index in [1.807, 2.05) is 45.3 Å². The highest BCUT2D eigenvalue weighted by atomic mass is 16.5. The Bertz CT molecular complexity index is 449. The number of likely N-dealkylation sites (N-methyl/N-ethyl adjacent to an activating group) is 1. The maximum atomic E-state index is 12.0. The van der Waals surface area contributed by atoms with Crippen LogP contribution in [-0.4, -0.2) is 51.3 Å². The van der Waals surface area contributed by atoms with Gasteiger partial charge in [0.1, 0.15) is 11.9 Å². The fourth-order valence-electron chi connectivity index (χ4n) is 2.18. The monoisotopic (exact) mass is 294 g/mol. The van der Waals surface area contributed by atoms with Crippen LogP contribution in [0.25, 0.3) is 0 Å². The SMILES string of the molecule is CCO[C@@H](C)C(=O)NC[C@@H](c1ccccc1OC)N(C)C. The van der Waals surface area contributed by atoms with Crippen LogP contribution >= 0.6 is 0 Å². The van der Waals surface area contributed by atoms with Crippen LogP contribution < -0.4 is 10.1 Å². The molecule has 1 aromatic rings. The van der Waals surface area contributed by atoms with E-state index in [4.69, 9.17) is 9.47 Å². The summed E-state index contributed by atoms with van der Waals surface area (Å²) in [6.07, 6.45) is -0.435. The van der Waals surface area contributed by atoms with Crippen molar-refractivity contribution in [2.75, 3.05) is 34.4 Å². The number of nitrogens with one attached hydrogen (secondary N) is 1. The Labute approximate surface area is 127 Å². The summed E-state index contributed by atoms with van der Waals surface area (Å²) >= 11 is 0. The van der Waals surface area contributed by atoms with Crippen LogP contribution in [0.4, 0.5) is 0 Å². The van der Waals surface area contributed by atoms with Gasteiger partial charge in [-0.05, 0) is 34.0 Å². The number of ether oxygens (including phenoxy) is 2.